The maximum absolute atomic E-state index is 5.79. The van der Waals surface area contributed by atoms with Gasteiger partial charge in [-0.1, -0.05) is 51.2 Å². The second-order valence-corrected chi connectivity index (χ2v) is 6.31. The van der Waals surface area contributed by atoms with E-state index >= 15 is 0 Å². The van der Waals surface area contributed by atoms with Crippen LogP contribution >= 0.6 is 0 Å². The van der Waals surface area contributed by atoms with Crippen molar-refractivity contribution in [1.29, 1.82) is 0 Å². The van der Waals surface area contributed by atoms with Crippen molar-refractivity contribution in [2.45, 2.75) is 71.9 Å². The zero-order valence-corrected chi connectivity index (χ0v) is 12.4. The Kier molecular flexibility index (Phi) is 5.37. The quantitative estimate of drug-likeness (QED) is 0.859. The number of nitrogens with zero attached hydrogens (tertiary/aromatic N) is 3. The number of nitrogens with two attached hydrogens (primary N) is 1. The Morgan fingerprint density at radius 2 is 2.00 bits per heavy atom. The van der Waals surface area contributed by atoms with Gasteiger partial charge in [0.15, 0.2) is 0 Å². The van der Waals surface area contributed by atoms with Gasteiger partial charge in [0.2, 0.25) is 0 Å². The Morgan fingerprint density at radius 1 is 1.26 bits per heavy atom. The van der Waals surface area contributed by atoms with Crippen molar-refractivity contribution >= 4 is 0 Å². The van der Waals surface area contributed by atoms with Crippen LogP contribution in [0.25, 0.3) is 0 Å². The molecule has 1 saturated carbocycles. The van der Waals surface area contributed by atoms with E-state index < -0.39 is 0 Å². The third-order valence-corrected chi connectivity index (χ3v) is 4.16. The van der Waals surface area contributed by atoms with Gasteiger partial charge in [0.25, 0.3) is 0 Å². The van der Waals surface area contributed by atoms with Crippen molar-refractivity contribution in [2.24, 2.45) is 17.6 Å². The van der Waals surface area contributed by atoms with Gasteiger partial charge < -0.3 is 5.73 Å². The fraction of sp³-hybridized carbons (Fsp3) is 0.867. The minimum absolute atomic E-state index is 0.512. The van der Waals surface area contributed by atoms with Crippen molar-refractivity contribution in [2.75, 3.05) is 0 Å². The molecule has 19 heavy (non-hydrogen) atoms. The first kappa shape index (κ1) is 14.5. The van der Waals surface area contributed by atoms with Gasteiger partial charge in [0.1, 0.15) is 0 Å². The molecule has 1 fully saturated rings. The molecule has 1 aromatic rings. The van der Waals surface area contributed by atoms with Crippen LogP contribution in [0, 0.1) is 11.8 Å². The van der Waals surface area contributed by atoms with E-state index in [4.69, 9.17) is 5.73 Å². The van der Waals surface area contributed by atoms with E-state index in [9.17, 15) is 0 Å². The second kappa shape index (κ2) is 7.04. The molecule has 0 amide bonds. The second-order valence-electron chi connectivity index (χ2n) is 6.31. The summed E-state index contributed by atoms with van der Waals surface area (Å²) in [5, 5.41) is 8.52. The topological polar surface area (TPSA) is 56.7 Å². The van der Waals surface area contributed by atoms with E-state index in [1.807, 2.05) is 0 Å². The van der Waals surface area contributed by atoms with E-state index in [0.29, 0.717) is 12.5 Å². The van der Waals surface area contributed by atoms with Crippen molar-refractivity contribution in [1.82, 2.24) is 15.0 Å². The van der Waals surface area contributed by atoms with E-state index in [-0.39, 0.29) is 0 Å². The largest absolute Gasteiger partial charge is 0.325 e. The van der Waals surface area contributed by atoms with E-state index in [2.05, 4.69) is 28.8 Å². The molecule has 2 rings (SSSR count). The molecule has 1 heterocycles. The summed E-state index contributed by atoms with van der Waals surface area (Å²) in [4.78, 5) is 0. The maximum Gasteiger partial charge on any atom is 0.0994 e. The first-order chi connectivity index (χ1) is 9.20. The van der Waals surface area contributed by atoms with Crippen molar-refractivity contribution in [3.8, 4) is 0 Å². The van der Waals surface area contributed by atoms with Crippen LogP contribution in [-0.2, 0) is 19.5 Å². The molecule has 0 unspecified atom stereocenters. The molecule has 0 aliphatic heterocycles. The highest BCUT2D eigenvalue weighted by molar-refractivity contribution is 5.10. The molecule has 0 aromatic carbocycles. The zero-order valence-electron chi connectivity index (χ0n) is 12.4. The van der Waals surface area contributed by atoms with E-state index in [0.717, 1.165) is 24.6 Å². The molecule has 0 atom stereocenters. The first-order valence-electron chi connectivity index (χ1n) is 7.82. The van der Waals surface area contributed by atoms with Gasteiger partial charge in [-0.05, 0) is 24.7 Å². The van der Waals surface area contributed by atoms with Gasteiger partial charge >= 0.3 is 0 Å². The monoisotopic (exact) mass is 264 g/mol. The maximum atomic E-state index is 5.79. The summed E-state index contributed by atoms with van der Waals surface area (Å²) in [6, 6.07) is 0. The smallest absolute Gasteiger partial charge is 0.0994 e. The van der Waals surface area contributed by atoms with Crippen LogP contribution < -0.4 is 5.73 Å². The molecule has 0 bridgehead atoms. The normalized spacial score (nSPS) is 17.3. The number of rotatable bonds is 6. The lowest BCUT2D eigenvalue weighted by Crippen LogP contribution is -2.14. The summed E-state index contributed by atoms with van der Waals surface area (Å²) in [5.41, 5.74) is 8.06. The van der Waals surface area contributed by atoms with Crippen LogP contribution in [0.3, 0.4) is 0 Å². The van der Waals surface area contributed by atoms with E-state index in [1.54, 1.807) is 0 Å². The molecule has 1 aliphatic carbocycles. The first-order valence-corrected chi connectivity index (χ1v) is 7.82. The Hall–Kier alpha value is -0.900. The van der Waals surface area contributed by atoms with Crippen molar-refractivity contribution in [3.05, 3.63) is 11.4 Å². The molecule has 0 saturated heterocycles. The minimum Gasteiger partial charge on any atom is -0.325 e. The van der Waals surface area contributed by atoms with Gasteiger partial charge in [-0.3, -0.25) is 0 Å². The molecule has 0 radical (unpaired) electrons. The fourth-order valence-corrected chi connectivity index (χ4v) is 3.11. The summed E-state index contributed by atoms with van der Waals surface area (Å²) in [6.45, 7) is 5.90. The van der Waals surface area contributed by atoms with Gasteiger partial charge in [0.05, 0.1) is 11.4 Å². The summed E-state index contributed by atoms with van der Waals surface area (Å²) < 4.78 is 2.08. The molecule has 4 nitrogen and oxygen atoms in total. The third-order valence-electron chi connectivity index (χ3n) is 4.16. The zero-order chi connectivity index (χ0) is 13.7. The van der Waals surface area contributed by atoms with Crippen LogP contribution in [-0.4, -0.2) is 15.0 Å². The van der Waals surface area contributed by atoms with Crippen LogP contribution in [0.15, 0.2) is 0 Å². The average molecular weight is 264 g/mol. The number of aromatic nitrogens is 3. The summed E-state index contributed by atoms with van der Waals surface area (Å²) in [7, 11) is 0. The lowest BCUT2D eigenvalue weighted by Gasteiger charge is -2.21. The van der Waals surface area contributed by atoms with Gasteiger partial charge in [-0.25, -0.2) is 4.68 Å². The highest BCUT2D eigenvalue weighted by atomic mass is 15.4. The van der Waals surface area contributed by atoms with Crippen LogP contribution in [0.4, 0.5) is 0 Å². The van der Waals surface area contributed by atoms with Gasteiger partial charge in [0, 0.05) is 13.1 Å². The fourth-order valence-electron chi connectivity index (χ4n) is 3.11. The molecule has 108 valence electrons. The minimum atomic E-state index is 0.512. The Bertz CT molecular complexity index is 377. The number of hydrogen-bond donors (Lipinski definition) is 1. The summed E-state index contributed by atoms with van der Waals surface area (Å²) in [5.74, 6) is 1.50. The molecule has 1 aromatic heterocycles. The SMILES string of the molecule is CC(C)Cn1nnc(CN)c1CCC1CCCCC1. The third kappa shape index (κ3) is 4.03. The molecular weight excluding hydrogens is 236 g/mol. The van der Waals surface area contributed by atoms with Gasteiger partial charge in [-0.2, -0.15) is 0 Å². The highest BCUT2D eigenvalue weighted by Gasteiger charge is 2.17. The summed E-state index contributed by atoms with van der Waals surface area (Å²) >= 11 is 0. The molecule has 4 heteroatoms. The summed E-state index contributed by atoms with van der Waals surface area (Å²) in [6.07, 6.45) is 9.44. The Morgan fingerprint density at radius 3 is 2.63 bits per heavy atom. The van der Waals surface area contributed by atoms with Crippen molar-refractivity contribution in [3.63, 3.8) is 0 Å². The molecule has 0 spiro atoms. The van der Waals surface area contributed by atoms with Crippen LogP contribution in [0.5, 0.6) is 0 Å². The van der Waals surface area contributed by atoms with Crippen LogP contribution in [0.2, 0.25) is 0 Å². The highest BCUT2D eigenvalue weighted by Crippen LogP contribution is 2.27. The Balaban J connectivity index is 1.98. The van der Waals surface area contributed by atoms with Gasteiger partial charge in [-0.15, -0.1) is 5.10 Å². The molecule has 1 aliphatic rings. The molecular formula is C15H28N4. The van der Waals surface area contributed by atoms with E-state index in [1.165, 1.54) is 44.2 Å². The average Bonchev–Trinajstić information content (AvgIpc) is 2.79. The molecule has 2 N–H and O–H groups in total. The van der Waals surface area contributed by atoms with Crippen molar-refractivity contribution < 1.29 is 0 Å². The lowest BCUT2D eigenvalue weighted by atomic mass is 9.85. The predicted molar refractivity (Wildman–Crippen MR) is 77.6 cm³/mol. The Labute approximate surface area is 116 Å². The predicted octanol–water partition coefficient (Wildman–Crippen LogP) is 2.91. The standard InChI is InChI=1S/C15H28N4/c1-12(2)11-19-15(14(10-16)17-18-19)9-8-13-6-4-3-5-7-13/h12-13H,3-11,16H2,1-2H3. The van der Waals surface area contributed by atoms with Crippen LogP contribution in [0.1, 0.15) is 63.8 Å². The lowest BCUT2D eigenvalue weighted by molar-refractivity contribution is 0.334. The number of hydrogen-bond acceptors (Lipinski definition) is 3.